The molecule has 1 saturated carbocycles. The second-order valence-corrected chi connectivity index (χ2v) is 8.45. The number of nitrogens with one attached hydrogen (secondary N) is 2. The molecule has 1 aliphatic carbocycles. The maximum Gasteiger partial charge on any atom is 0.255 e. The average Bonchev–Trinajstić information content (AvgIpc) is 3.29. The third-order valence-electron chi connectivity index (χ3n) is 5.41. The van der Waals surface area contributed by atoms with Gasteiger partial charge >= 0.3 is 0 Å². The van der Waals surface area contributed by atoms with Gasteiger partial charge in [0.2, 0.25) is 0 Å². The summed E-state index contributed by atoms with van der Waals surface area (Å²) >= 11 is 1.86. The Labute approximate surface area is 176 Å². The molecule has 0 aliphatic heterocycles. The van der Waals surface area contributed by atoms with Crippen LogP contribution in [-0.2, 0) is 16.8 Å². The lowest BCUT2D eigenvalue weighted by atomic mass is 9.73. The summed E-state index contributed by atoms with van der Waals surface area (Å²) in [6.45, 7) is 1.37. The van der Waals surface area contributed by atoms with Gasteiger partial charge in [-0.1, -0.05) is 37.5 Å². The predicted molar refractivity (Wildman–Crippen MR) is 118 cm³/mol. The molecule has 3 rings (SSSR count). The molecule has 1 heterocycles. The molecule has 1 fully saturated rings. The number of benzene rings is 1. The van der Waals surface area contributed by atoms with E-state index in [1.165, 1.54) is 37.0 Å². The zero-order valence-electron chi connectivity index (χ0n) is 16.9. The molecule has 0 saturated heterocycles. The molecule has 0 radical (unpaired) electrons. The predicted octanol–water partition coefficient (Wildman–Crippen LogP) is 3.18. The summed E-state index contributed by atoms with van der Waals surface area (Å²) < 4.78 is 5.38. The maximum absolute atomic E-state index is 10.9. The zero-order chi connectivity index (χ0) is 20.5. The molecule has 1 aromatic carbocycles. The Hall–Kier alpha value is -2.54. The lowest BCUT2D eigenvalue weighted by Gasteiger charge is -2.37. The minimum Gasteiger partial charge on any atom is -0.484 e. The highest BCUT2D eigenvalue weighted by Crippen LogP contribution is 2.41. The van der Waals surface area contributed by atoms with E-state index in [1.807, 2.05) is 35.6 Å². The van der Waals surface area contributed by atoms with E-state index in [0.717, 1.165) is 18.1 Å². The molecule has 0 atom stereocenters. The number of hydrogen-bond donors (Lipinski definition) is 3. The second kappa shape index (κ2) is 10.3. The van der Waals surface area contributed by atoms with Crippen LogP contribution < -0.4 is 21.1 Å². The first kappa shape index (κ1) is 21.2. The molecular weight excluding hydrogens is 384 g/mol. The summed E-state index contributed by atoms with van der Waals surface area (Å²) in [5.74, 6) is 0.931. The van der Waals surface area contributed by atoms with E-state index >= 15 is 0 Å². The SMILES string of the molecule is CN=C(NCc1cccc(OCC(N)=O)c1)NCC1(c2cccs2)CCCCC1. The highest BCUT2D eigenvalue weighted by atomic mass is 32.1. The van der Waals surface area contributed by atoms with Crippen LogP contribution in [0.25, 0.3) is 0 Å². The van der Waals surface area contributed by atoms with Gasteiger partial charge in [0.15, 0.2) is 12.6 Å². The number of thiophene rings is 1. The van der Waals surface area contributed by atoms with Crippen LogP contribution in [-0.4, -0.2) is 32.1 Å². The number of ether oxygens (including phenoxy) is 1. The van der Waals surface area contributed by atoms with Gasteiger partial charge in [-0.15, -0.1) is 11.3 Å². The smallest absolute Gasteiger partial charge is 0.255 e. The number of guanidine groups is 1. The van der Waals surface area contributed by atoms with Gasteiger partial charge in [0.05, 0.1) is 0 Å². The zero-order valence-corrected chi connectivity index (χ0v) is 17.8. The summed E-state index contributed by atoms with van der Waals surface area (Å²) in [5, 5.41) is 9.09. The summed E-state index contributed by atoms with van der Waals surface area (Å²) in [4.78, 5) is 16.7. The number of primary amides is 1. The van der Waals surface area contributed by atoms with Crippen molar-refractivity contribution in [3.05, 3.63) is 52.2 Å². The van der Waals surface area contributed by atoms with E-state index < -0.39 is 5.91 Å². The molecule has 0 spiro atoms. The Kier molecular flexibility index (Phi) is 7.52. The lowest BCUT2D eigenvalue weighted by molar-refractivity contribution is -0.119. The number of carbonyl (C=O) groups is 1. The first-order valence-corrected chi connectivity index (χ1v) is 11.0. The normalized spacial score (nSPS) is 16.2. The van der Waals surface area contributed by atoms with Gasteiger partial charge in [0.25, 0.3) is 5.91 Å². The fraction of sp³-hybridized carbons (Fsp3) is 0.455. The van der Waals surface area contributed by atoms with E-state index in [2.05, 4.69) is 33.1 Å². The van der Waals surface area contributed by atoms with E-state index in [9.17, 15) is 4.79 Å². The van der Waals surface area contributed by atoms with E-state index in [4.69, 9.17) is 10.5 Å². The Morgan fingerprint density at radius 3 is 2.72 bits per heavy atom. The monoisotopic (exact) mass is 414 g/mol. The van der Waals surface area contributed by atoms with E-state index in [-0.39, 0.29) is 12.0 Å². The molecule has 1 aromatic heterocycles. The van der Waals surface area contributed by atoms with Crippen LogP contribution in [0.1, 0.15) is 42.5 Å². The minimum absolute atomic E-state index is 0.120. The van der Waals surface area contributed by atoms with Crippen LogP contribution >= 0.6 is 11.3 Å². The molecule has 156 valence electrons. The maximum atomic E-state index is 10.9. The van der Waals surface area contributed by atoms with Crippen molar-refractivity contribution in [2.24, 2.45) is 10.7 Å². The first-order chi connectivity index (χ1) is 14.1. The summed E-state index contributed by atoms with van der Waals surface area (Å²) in [6, 6.07) is 12.0. The molecule has 0 unspecified atom stereocenters. The van der Waals surface area contributed by atoms with Crippen molar-refractivity contribution in [1.82, 2.24) is 10.6 Å². The molecule has 2 aromatic rings. The number of nitrogens with two attached hydrogens (primary N) is 1. The van der Waals surface area contributed by atoms with Gasteiger partial charge in [-0.05, 0) is 42.0 Å². The van der Waals surface area contributed by atoms with Gasteiger partial charge in [-0.3, -0.25) is 9.79 Å². The number of hydrogen-bond acceptors (Lipinski definition) is 4. The highest BCUT2D eigenvalue weighted by Gasteiger charge is 2.34. The average molecular weight is 415 g/mol. The van der Waals surface area contributed by atoms with Crippen LogP contribution in [0.3, 0.4) is 0 Å². The topological polar surface area (TPSA) is 88.7 Å². The van der Waals surface area contributed by atoms with Crippen molar-refractivity contribution in [3.8, 4) is 5.75 Å². The van der Waals surface area contributed by atoms with Gasteiger partial charge in [-0.25, -0.2) is 0 Å². The second-order valence-electron chi connectivity index (χ2n) is 7.50. The first-order valence-electron chi connectivity index (χ1n) is 10.1. The van der Waals surface area contributed by atoms with Crippen LogP contribution in [0.15, 0.2) is 46.8 Å². The summed E-state index contributed by atoms with van der Waals surface area (Å²) in [7, 11) is 1.79. The van der Waals surface area contributed by atoms with Crippen molar-refractivity contribution in [2.75, 3.05) is 20.2 Å². The van der Waals surface area contributed by atoms with Crippen LogP contribution in [0.4, 0.5) is 0 Å². The van der Waals surface area contributed by atoms with Crippen molar-refractivity contribution in [1.29, 1.82) is 0 Å². The van der Waals surface area contributed by atoms with Gasteiger partial charge < -0.3 is 21.1 Å². The summed E-state index contributed by atoms with van der Waals surface area (Å²) in [6.07, 6.45) is 6.33. The van der Waals surface area contributed by atoms with Crippen molar-refractivity contribution >= 4 is 23.2 Å². The Bertz CT molecular complexity index is 814. The Morgan fingerprint density at radius 2 is 2.03 bits per heavy atom. The molecule has 1 aliphatic rings. The molecule has 1 amide bonds. The third kappa shape index (κ3) is 5.97. The number of aliphatic imine (C=N–C) groups is 1. The summed E-state index contributed by atoms with van der Waals surface area (Å²) in [5.41, 5.74) is 6.38. The third-order valence-corrected chi connectivity index (χ3v) is 6.53. The Morgan fingerprint density at radius 1 is 1.21 bits per heavy atom. The van der Waals surface area contributed by atoms with Gasteiger partial charge in [-0.2, -0.15) is 0 Å². The lowest BCUT2D eigenvalue weighted by Crippen LogP contribution is -2.46. The van der Waals surface area contributed by atoms with E-state index in [1.54, 1.807) is 7.05 Å². The van der Waals surface area contributed by atoms with Crippen LogP contribution in [0, 0.1) is 0 Å². The number of nitrogens with zero attached hydrogens (tertiary/aromatic N) is 1. The standard InChI is InChI=1S/C22H30N4O2S/c1-24-21(25-14-17-7-5-8-18(13-17)28-15-20(23)27)26-16-22(10-3-2-4-11-22)19-9-6-12-29-19/h5-9,12-13H,2-4,10-11,14-16H2,1H3,(H2,23,27)(H2,24,25,26). The fourth-order valence-corrected chi connectivity index (χ4v) is 4.87. The van der Waals surface area contributed by atoms with E-state index in [0.29, 0.717) is 12.3 Å². The van der Waals surface area contributed by atoms with Gasteiger partial charge in [0.1, 0.15) is 5.75 Å². The van der Waals surface area contributed by atoms with Crippen LogP contribution in [0.2, 0.25) is 0 Å². The quantitative estimate of drug-likeness (QED) is 0.457. The molecule has 7 heteroatoms. The van der Waals surface area contributed by atoms with Crippen molar-refractivity contribution in [3.63, 3.8) is 0 Å². The van der Waals surface area contributed by atoms with Crippen molar-refractivity contribution in [2.45, 2.75) is 44.1 Å². The van der Waals surface area contributed by atoms with Crippen LogP contribution in [0.5, 0.6) is 5.75 Å². The number of carbonyl (C=O) groups excluding carboxylic acids is 1. The fourth-order valence-electron chi connectivity index (χ4n) is 3.88. The highest BCUT2D eigenvalue weighted by molar-refractivity contribution is 7.10. The minimum atomic E-state index is -0.486. The number of rotatable bonds is 8. The molecular formula is C22H30N4O2S. The molecule has 4 N–H and O–H groups in total. The molecule has 29 heavy (non-hydrogen) atoms. The largest absolute Gasteiger partial charge is 0.484 e. The van der Waals surface area contributed by atoms with Gasteiger partial charge in [0, 0.05) is 30.4 Å². The van der Waals surface area contributed by atoms with Crippen molar-refractivity contribution < 1.29 is 9.53 Å². The number of amides is 1. The Balaban J connectivity index is 1.57. The molecule has 6 nitrogen and oxygen atoms in total. The molecule has 0 bridgehead atoms.